The lowest BCUT2D eigenvalue weighted by Gasteiger charge is -2.15. The van der Waals surface area contributed by atoms with Crippen molar-refractivity contribution < 1.29 is 0 Å². The zero-order valence-electron chi connectivity index (χ0n) is 19.3. The molecule has 2 aromatic carbocycles. The van der Waals surface area contributed by atoms with E-state index >= 15 is 0 Å². The third-order valence-corrected chi connectivity index (χ3v) is 6.29. The summed E-state index contributed by atoms with van der Waals surface area (Å²) in [5.74, 6) is 0.930. The molecule has 0 saturated heterocycles. The average molecular weight is 504 g/mol. The quantitative estimate of drug-likeness (QED) is 0.294. The van der Waals surface area contributed by atoms with E-state index in [9.17, 15) is 4.79 Å². The molecule has 3 heterocycles. The summed E-state index contributed by atoms with van der Waals surface area (Å²) in [6.45, 7) is 1.85. The fourth-order valence-corrected chi connectivity index (χ4v) is 4.32. The van der Waals surface area contributed by atoms with Crippen LogP contribution in [0.2, 0.25) is 10.0 Å². The van der Waals surface area contributed by atoms with E-state index in [4.69, 9.17) is 28.2 Å². The van der Waals surface area contributed by atoms with Gasteiger partial charge in [0.2, 0.25) is 0 Å². The van der Waals surface area contributed by atoms with Crippen LogP contribution in [0.25, 0.3) is 39.4 Å². The van der Waals surface area contributed by atoms with Crippen LogP contribution in [0.15, 0.2) is 83.9 Å². The maximum Gasteiger partial charge on any atom is 0.267 e. The molecule has 0 saturated carbocycles. The number of rotatable bonds is 6. The molecule has 0 aliphatic heterocycles. The molecule has 0 aliphatic carbocycles. The first-order valence-electron chi connectivity index (χ1n) is 11.2. The predicted molar refractivity (Wildman–Crippen MR) is 143 cm³/mol. The summed E-state index contributed by atoms with van der Waals surface area (Å²) in [6, 6.07) is 20.8. The SMILES string of the molecule is CN(C)CCn1cccc1-c1ccc(-c2nc3ccc(Cl)cc3c(=O)n2-c2ccc(Cl)cn2)cc1. The Balaban J connectivity index is 1.63. The van der Waals surface area contributed by atoms with E-state index in [-0.39, 0.29) is 5.56 Å². The first kappa shape index (κ1) is 23.3. The standard InChI is InChI=1S/C27H23Cl2N5O/c1-32(2)14-15-33-13-3-4-24(33)18-5-7-19(8-6-18)26-31-23-11-9-20(28)16-22(23)27(35)34(26)25-12-10-21(29)17-30-25/h3-13,16-17H,14-15H2,1-2H3. The number of benzene rings is 2. The van der Waals surface area contributed by atoms with Crippen molar-refractivity contribution >= 4 is 34.1 Å². The van der Waals surface area contributed by atoms with Gasteiger partial charge < -0.3 is 9.47 Å². The number of pyridine rings is 1. The molecule has 0 aliphatic rings. The van der Waals surface area contributed by atoms with Crippen LogP contribution in [0.5, 0.6) is 0 Å². The summed E-state index contributed by atoms with van der Waals surface area (Å²) in [7, 11) is 4.13. The van der Waals surface area contributed by atoms with E-state index < -0.39 is 0 Å². The molecule has 0 radical (unpaired) electrons. The van der Waals surface area contributed by atoms with Gasteiger partial charge in [-0.25, -0.2) is 14.5 Å². The topological polar surface area (TPSA) is 56.0 Å². The van der Waals surface area contributed by atoms with E-state index in [2.05, 4.69) is 59.0 Å². The second-order valence-electron chi connectivity index (χ2n) is 8.54. The van der Waals surface area contributed by atoms with E-state index in [1.165, 1.54) is 10.8 Å². The predicted octanol–water partition coefficient (Wildman–Crippen LogP) is 5.78. The van der Waals surface area contributed by atoms with E-state index in [1.807, 2.05) is 12.1 Å². The fraction of sp³-hybridized carbons (Fsp3) is 0.148. The monoisotopic (exact) mass is 503 g/mol. The zero-order valence-corrected chi connectivity index (χ0v) is 20.8. The van der Waals surface area contributed by atoms with Gasteiger partial charge in [-0.05, 0) is 62.1 Å². The minimum atomic E-state index is -0.246. The normalized spacial score (nSPS) is 11.5. The number of fused-ring (bicyclic) bond motifs is 1. The number of aromatic nitrogens is 4. The lowest BCUT2D eigenvalue weighted by molar-refractivity contribution is 0.385. The Kier molecular flexibility index (Phi) is 6.43. The first-order chi connectivity index (χ1) is 16.9. The fourth-order valence-electron chi connectivity index (χ4n) is 4.03. The molecule has 0 atom stereocenters. The molecule has 0 fully saturated rings. The van der Waals surface area contributed by atoms with Crippen molar-refractivity contribution in [1.29, 1.82) is 0 Å². The second kappa shape index (κ2) is 9.66. The minimum absolute atomic E-state index is 0.246. The lowest BCUT2D eigenvalue weighted by atomic mass is 10.1. The van der Waals surface area contributed by atoms with Gasteiger partial charge in [0, 0.05) is 41.8 Å². The van der Waals surface area contributed by atoms with Gasteiger partial charge in [0.05, 0.1) is 15.9 Å². The van der Waals surface area contributed by atoms with Gasteiger partial charge in [0.25, 0.3) is 5.56 Å². The summed E-state index contributed by atoms with van der Waals surface area (Å²) in [6.07, 6.45) is 3.60. The highest BCUT2D eigenvalue weighted by Gasteiger charge is 2.16. The summed E-state index contributed by atoms with van der Waals surface area (Å²) in [4.78, 5) is 24.9. The molecule has 0 N–H and O–H groups in total. The largest absolute Gasteiger partial charge is 0.346 e. The number of hydrogen-bond donors (Lipinski definition) is 0. The maximum atomic E-state index is 13.6. The molecule has 8 heteroatoms. The molecular formula is C27H23Cl2N5O. The van der Waals surface area contributed by atoms with Crippen LogP contribution >= 0.6 is 23.2 Å². The molecule has 176 valence electrons. The maximum absolute atomic E-state index is 13.6. The Morgan fingerprint density at radius 2 is 1.66 bits per heavy atom. The minimum Gasteiger partial charge on any atom is -0.346 e. The van der Waals surface area contributed by atoms with Gasteiger partial charge in [-0.3, -0.25) is 4.79 Å². The van der Waals surface area contributed by atoms with Crippen LogP contribution in [0.1, 0.15) is 0 Å². The molecule has 3 aromatic heterocycles. The number of likely N-dealkylation sites (N-methyl/N-ethyl adjacent to an activating group) is 1. The summed E-state index contributed by atoms with van der Waals surface area (Å²) in [5.41, 5.74) is 3.34. The third-order valence-electron chi connectivity index (χ3n) is 5.83. The van der Waals surface area contributed by atoms with Crippen molar-refractivity contribution in [3.63, 3.8) is 0 Å². The Morgan fingerprint density at radius 3 is 2.37 bits per heavy atom. The molecule has 5 aromatic rings. The molecule has 0 bridgehead atoms. The number of halogens is 2. The number of hydrogen-bond acceptors (Lipinski definition) is 4. The molecular weight excluding hydrogens is 481 g/mol. The average Bonchev–Trinajstić information content (AvgIpc) is 3.33. The Bertz CT molecular complexity index is 1550. The number of nitrogens with zero attached hydrogens (tertiary/aromatic N) is 5. The Hall–Kier alpha value is -3.45. The van der Waals surface area contributed by atoms with Crippen molar-refractivity contribution in [2.75, 3.05) is 20.6 Å². The Labute approximate surface area is 213 Å². The van der Waals surface area contributed by atoms with Gasteiger partial charge in [-0.1, -0.05) is 47.5 Å². The van der Waals surface area contributed by atoms with E-state index in [1.54, 1.807) is 30.3 Å². The highest BCUT2D eigenvalue weighted by atomic mass is 35.5. The molecule has 0 amide bonds. The molecule has 5 rings (SSSR count). The highest BCUT2D eigenvalue weighted by Crippen LogP contribution is 2.27. The van der Waals surface area contributed by atoms with Crippen LogP contribution in [0.3, 0.4) is 0 Å². The van der Waals surface area contributed by atoms with E-state index in [0.717, 1.165) is 29.9 Å². The van der Waals surface area contributed by atoms with Gasteiger partial charge >= 0.3 is 0 Å². The van der Waals surface area contributed by atoms with Crippen molar-refractivity contribution in [3.05, 3.63) is 99.5 Å². The second-order valence-corrected chi connectivity index (χ2v) is 9.41. The molecule has 0 unspecified atom stereocenters. The molecule has 6 nitrogen and oxygen atoms in total. The van der Waals surface area contributed by atoms with E-state index in [0.29, 0.717) is 32.6 Å². The van der Waals surface area contributed by atoms with Crippen LogP contribution < -0.4 is 5.56 Å². The lowest BCUT2D eigenvalue weighted by Crippen LogP contribution is -2.22. The van der Waals surface area contributed by atoms with Gasteiger partial charge in [0.1, 0.15) is 11.6 Å². The van der Waals surface area contributed by atoms with Crippen molar-refractivity contribution in [1.82, 2.24) is 24.0 Å². The molecule has 0 spiro atoms. The van der Waals surface area contributed by atoms with Crippen LogP contribution in [-0.2, 0) is 6.54 Å². The van der Waals surface area contributed by atoms with Gasteiger partial charge in [0.15, 0.2) is 0 Å². The summed E-state index contributed by atoms with van der Waals surface area (Å²) in [5, 5.41) is 1.39. The van der Waals surface area contributed by atoms with Crippen molar-refractivity contribution in [3.8, 4) is 28.5 Å². The van der Waals surface area contributed by atoms with Gasteiger partial charge in [-0.2, -0.15) is 0 Å². The van der Waals surface area contributed by atoms with Crippen molar-refractivity contribution in [2.24, 2.45) is 0 Å². The van der Waals surface area contributed by atoms with Crippen LogP contribution in [-0.4, -0.2) is 44.6 Å². The third kappa shape index (κ3) is 4.73. The summed E-state index contributed by atoms with van der Waals surface area (Å²) < 4.78 is 3.74. The smallest absolute Gasteiger partial charge is 0.267 e. The summed E-state index contributed by atoms with van der Waals surface area (Å²) >= 11 is 12.2. The Morgan fingerprint density at radius 1 is 0.914 bits per heavy atom. The zero-order chi connectivity index (χ0) is 24.5. The van der Waals surface area contributed by atoms with Crippen molar-refractivity contribution in [2.45, 2.75) is 6.54 Å². The van der Waals surface area contributed by atoms with Gasteiger partial charge in [-0.15, -0.1) is 0 Å². The van der Waals surface area contributed by atoms with Crippen LogP contribution in [0, 0.1) is 0 Å². The van der Waals surface area contributed by atoms with Crippen LogP contribution in [0.4, 0.5) is 0 Å². The highest BCUT2D eigenvalue weighted by molar-refractivity contribution is 6.31. The first-order valence-corrected chi connectivity index (χ1v) is 11.9. The molecule has 35 heavy (non-hydrogen) atoms.